The zero-order valence-electron chi connectivity index (χ0n) is 23.8. The van der Waals surface area contributed by atoms with E-state index in [4.69, 9.17) is 15.2 Å². The third-order valence-corrected chi connectivity index (χ3v) is 6.23. The van der Waals surface area contributed by atoms with Gasteiger partial charge >= 0.3 is 0 Å². The molecule has 0 amide bonds. The second-order valence-electron chi connectivity index (χ2n) is 9.43. The number of nitrogens with zero attached hydrogens (tertiary/aromatic N) is 3. The number of allylic oxidation sites excluding steroid dienone is 3. The predicted octanol–water partition coefficient (Wildman–Crippen LogP) is 5.52. The maximum absolute atomic E-state index is 9.64. The van der Waals surface area contributed by atoms with Crippen molar-refractivity contribution in [2.75, 3.05) is 26.4 Å². The van der Waals surface area contributed by atoms with Gasteiger partial charge in [0.1, 0.15) is 11.5 Å². The molecule has 0 aliphatic rings. The number of hydrogen-bond donors (Lipinski definition) is 3. The first-order chi connectivity index (χ1) is 20.6. The average Bonchev–Trinajstić information content (AvgIpc) is 3.04. The lowest BCUT2D eigenvalue weighted by molar-refractivity contribution is 0.212. The quantitative estimate of drug-likeness (QED) is 0.0804. The van der Waals surface area contributed by atoms with Crippen molar-refractivity contribution in [1.82, 2.24) is 4.98 Å². The van der Waals surface area contributed by atoms with Crippen LogP contribution in [0.4, 0.5) is 0 Å². The molecule has 0 radical (unpaired) electrons. The zero-order valence-corrected chi connectivity index (χ0v) is 23.8. The molecule has 4 N–H and O–H groups in total. The molecular weight excluding hydrogens is 528 g/mol. The molecule has 1 aromatic heterocycles. The smallest absolute Gasteiger partial charge is 0.137 e. The molecule has 3 rings (SSSR count). The number of nitrogens with two attached hydrogens (primary N) is 1. The number of ether oxygens (including phenoxy) is 2. The van der Waals surface area contributed by atoms with Crippen molar-refractivity contribution in [3.63, 3.8) is 0 Å². The molecule has 1 heterocycles. The summed E-state index contributed by atoms with van der Waals surface area (Å²) in [4.78, 5) is 13.3. The second-order valence-corrected chi connectivity index (χ2v) is 9.43. The van der Waals surface area contributed by atoms with Gasteiger partial charge < -0.3 is 25.4 Å². The Balaban J connectivity index is 1.30. The van der Waals surface area contributed by atoms with Crippen LogP contribution in [0.2, 0.25) is 0 Å². The van der Waals surface area contributed by atoms with Gasteiger partial charge in [-0.05, 0) is 54.2 Å². The molecule has 0 aliphatic heterocycles. The van der Waals surface area contributed by atoms with Crippen molar-refractivity contribution in [2.24, 2.45) is 15.7 Å². The highest BCUT2D eigenvalue weighted by molar-refractivity contribution is 5.81. The molecule has 0 unspecified atom stereocenters. The van der Waals surface area contributed by atoms with Crippen molar-refractivity contribution in [1.29, 1.82) is 0 Å². The Hall–Kier alpha value is -4.53. The summed E-state index contributed by atoms with van der Waals surface area (Å²) in [6.07, 6.45) is 12.6. The first-order valence-corrected chi connectivity index (χ1v) is 14.0. The van der Waals surface area contributed by atoms with Gasteiger partial charge in [-0.25, -0.2) is 0 Å². The molecule has 3 aromatic rings. The average molecular weight is 569 g/mol. The van der Waals surface area contributed by atoms with Gasteiger partial charge in [0.25, 0.3) is 0 Å². The summed E-state index contributed by atoms with van der Waals surface area (Å²) >= 11 is 0. The molecule has 0 aliphatic carbocycles. The zero-order chi connectivity index (χ0) is 29.8. The largest absolute Gasteiger partial charge is 0.492 e. The van der Waals surface area contributed by atoms with Crippen molar-refractivity contribution in [2.45, 2.75) is 31.3 Å². The highest BCUT2D eigenvalue weighted by Crippen LogP contribution is 2.17. The van der Waals surface area contributed by atoms with Crippen LogP contribution in [-0.2, 0) is 4.74 Å². The molecule has 42 heavy (non-hydrogen) atoms. The summed E-state index contributed by atoms with van der Waals surface area (Å²) in [6, 6.07) is 22.4. The van der Waals surface area contributed by atoms with Crippen LogP contribution in [0.15, 0.2) is 125 Å². The predicted molar refractivity (Wildman–Crippen MR) is 169 cm³/mol. The topological polar surface area (TPSA) is 123 Å². The summed E-state index contributed by atoms with van der Waals surface area (Å²) in [5.74, 6) is 1.24. The standard InChI is InChI=1S/C34H40N4O4/c1-27(22-37-33(25-39)28-11-5-2-6-12-28)15-17-31(21-35)41-19-9-4-10-20-42-32-18-16-30(36-24-32)23-38-34(26-40)29-13-7-3-8-14-29/h2-3,5-8,11-18,21-24,33-34,39-40H,1,4,9-10,19-20,25-26,35H2/b17-15-,31-21+,37-22?,38-23?/t33-,34-/m0/s1. The van der Waals surface area contributed by atoms with Crippen LogP contribution in [0.25, 0.3) is 0 Å². The monoisotopic (exact) mass is 568 g/mol. The van der Waals surface area contributed by atoms with E-state index in [1.807, 2.05) is 72.8 Å². The maximum Gasteiger partial charge on any atom is 0.137 e. The van der Waals surface area contributed by atoms with E-state index in [-0.39, 0.29) is 25.3 Å². The van der Waals surface area contributed by atoms with E-state index in [1.165, 1.54) is 6.20 Å². The van der Waals surface area contributed by atoms with E-state index >= 15 is 0 Å². The number of aliphatic hydroxyl groups is 2. The Bertz CT molecular complexity index is 1310. The Labute approximate surface area is 248 Å². The van der Waals surface area contributed by atoms with Gasteiger partial charge in [-0.2, -0.15) is 0 Å². The second kappa shape index (κ2) is 18.7. The van der Waals surface area contributed by atoms with Crippen LogP contribution >= 0.6 is 0 Å². The SMILES string of the molecule is C=C(C=N[C@@H](CO)c1ccccc1)/C=C\C(=C/N)OCCCCCOc1ccc(C=N[C@@H](CO)c2ccccc2)nc1. The molecule has 0 spiro atoms. The molecule has 0 bridgehead atoms. The van der Waals surface area contributed by atoms with E-state index in [9.17, 15) is 10.2 Å². The number of hydrogen-bond acceptors (Lipinski definition) is 8. The lowest BCUT2D eigenvalue weighted by Crippen LogP contribution is -2.02. The van der Waals surface area contributed by atoms with Crippen molar-refractivity contribution < 1.29 is 19.7 Å². The fourth-order valence-corrected chi connectivity index (χ4v) is 3.88. The van der Waals surface area contributed by atoms with E-state index in [2.05, 4.69) is 21.5 Å². The Morgan fingerprint density at radius 3 is 2.07 bits per heavy atom. The number of rotatable bonds is 18. The minimum Gasteiger partial charge on any atom is -0.492 e. The molecule has 0 fully saturated rings. The minimum atomic E-state index is -0.332. The summed E-state index contributed by atoms with van der Waals surface area (Å²) in [5, 5.41) is 19.3. The Morgan fingerprint density at radius 2 is 1.48 bits per heavy atom. The number of aliphatic imine (C=N–C) groups is 2. The summed E-state index contributed by atoms with van der Waals surface area (Å²) in [5.41, 5.74) is 8.97. The number of pyridine rings is 1. The van der Waals surface area contributed by atoms with Gasteiger partial charge in [0.15, 0.2) is 0 Å². The molecular formula is C34H40N4O4. The lowest BCUT2D eigenvalue weighted by atomic mass is 10.1. The maximum atomic E-state index is 9.64. The van der Waals surface area contributed by atoms with Crippen molar-refractivity contribution >= 4 is 12.4 Å². The first-order valence-electron chi connectivity index (χ1n) is 14.0. The van der Waals surface area contributed by atoms with Gasteiger partial charge in [0.2, 0.25) is 0 Å². The third kappa shape index (κ3) is 11.5. The number of benzene rings is 2. The fraction of sp³-hybridized carbons (Fsp3) is 0.265. The minimum absolute atomic E-state index is 0.0691. The number of aliphatic hydroxyl groups excluding tert-OH is 2. The normalized spacial score (nSPS) is 13.5. The fourth-order valence-electron chi connectivity index (χ4n) is 3.88. The van der Waals surface area contributed by atoms with Crippen LogP contribution < -0.4 is 10.5 Å². The molecule has 2 atom stereocenters. The summed E-state index contributed by atoms with van der Waals surface area (Å²) in [7, 11) is 0. The summed E-state index contributed by atoms with van der Waals surface area (Å²) in [6.45, 7) is 4.93. The van der Waals surface area contributed by atoms with E-state index in [0.717, 1.165) is 30.4 Å². The molecule has 2 aromatic carbocycles. The van der Waals surface area contributed by atoms with Gasteiger partial charge in [0.05, 0.1) is 50.4 Å². The van der Waals surface area contributed by atoms with Crippen molar-refractivity contribution in [3.8, 4) is 5.75 Å². The van der Waals surface area contributed by atoms with E-state index < -0.39 is 0 Å². The third-order valence-electron chi connectivity index (χ3n) is 6.23. The molecule has 0 saturated heterocycles. The van der Waals surface area contributed by atoms with Gasteiger partial charge in [0, 0.05) is 18.6 Å². The highest BCUT2D eigenvalue weighted by atomic mass is 16.5. The van der Waals surface area contributed by atoms with Gasteiger partial charge in [-0.3, -0.25) is 15.0 Å². The molecule has 220 valence electrons. The summed E-state index contributed by atoms with van der Waals surface area (Å²) < 4.78 is 11.6. The van der Waals surface area contributed by atoms with E-state index in [0.29, 0.717) is 36.0 Å². The highest BCUT2D eigenvalue weighted by Gasteiger charge is 2.07. The Morgan fingerprint density at radius 1 is 0.833 bits per heavy atom. The van der Waals surface area contributed by atoms with Crippen LogP contribution in [-0.4, -0.2) is 54.1 Å². The first kappa shape index (κ1) is 32.0. The van der Waals surface area contributed by atoms with Gasteiger partial charge in [-0.1, -0.05) is 73.3 Å². The number of unbranched alkanes of at least 4 members (excludes halogenated alkanes) is 2. The van der Waals surface area contributed by atoms with Crippen molar-refractivity contribution in [3.05, 3.63) is 132 Å². The van der Waals surface area contributed by atoms with Crippen LogP contribution in [0.1, 0.15) is 48.2 Å². The molecule has 8 heteroatoms. The van der Waals surface area contributed by atoms with Gasteiger partial charge in [-0.15, -0.1) is 0 Å². The lowest BCUT2D eigenvalue weighted by Gasteiger charge is -2.09. The van der Waals surface area contributed by atoms with Crippen LogP contribution in [0.3, 0.4) is 0 Å². The van der Waals surface area contributed by atoms with Crippen LogP contribution in [0, 0.1) is 0 Å². The molecule has 0 saturated carbocycles. The van der Waals surface area contributed by atoms with Crippen LogP contribution in [0.5, 0.6) is 5.75 Å². The van der Waals surface area contributed by atoms with E-state index in [1.54, 1.807) is 30.8 Å². The number of aromatic nitrogens is 1. The Kier molecular flexibility index (Phi) is 14.3. The molecule has 8 nitrogen and oxygen atoms in total.